The molecule has 1 aromatic rings. The van der Waals surface area contributed by atoms with E-state index in [2.05, 4.69) is 4.98 Å². The highest BCUT2D eigenvalue weighted by Crippen LogP contribution is 2.19. The number of pyridine rings is 1. The summed E-state index contributed by atoms with van der Waals surface area (Å²) in [4.78, 5) is 18.0. The first kappa shape index (κ1) is 12.5. The lowest BCUT2D eigenvalue weighted by molar-refractivity contribution is 0.0768. The maximum atomic E-state index is 12.2. The molecule has 92 valence electrons. The van der Waals surface area contributed by atoms with Gasteiger partial charge in [-0.05, 0) is 18.2 Å². The summed E-state index contributed by atoms with van der Waals surface area (Å²) in [5.74, 6) is 2.35. The van der Waals surface area contributed by atoms with Crippen molar-refractivity contribution in [2.24, 2.45) is 0 Å². The number of carbonyl (C=O) groups is 1. The Morgan fingerprint density at radius 2 is 2.29 bits per heavy atom. The maximum Gasteiger partial charge on any atom is 0.255 e. The maximum absolute atomic E-state index is 12.2. The van der Waals surface area contributed by atoms with Crippen LogP contribution in [0.15, 0.2) is 12.3 Å². The molecule has 1 amide bonds. The minimum absolute atomic E-state index is 0.0121. The lowest BCUT2D eigenvalue weighted by Gasteiger charge is -2.19. The highest BCUT2D eigenvalue weighted by molar-refractivity contribution is 7.99. The Hall–Kier alpha value is -0.940. The van der Waals surface area contributed by atoms with Crippen molar-refractivity contribution < 1.29 is 4.79 Å². The molecule has 0 radical (unpaired) electrons. The van der Waals surface area contributed by atoms with Gasteiger partial charge in [0.15, 0.2) is 0 Å². The quantitative estimate of drug-likeness (QED) is 0.848. The van der Waals surface area contributed by atoms with Gasteiger partial charge >= 0.3 is 0 Å². The molecule has 0 atom stereocenters. The highest BCUT2D eigenvalue weighted by atomic mass is 35.5. The number of anilines is 1. The minimum atomic E-state index is -0.0121. The number of carbonyl (C=O) groups excluding carboxylic acids is 1. The van der Waals surface area contributed by atoms with Crippen LogP contribution in [0, 0.1) is 0 Å². The van der Waals surface area contributed by atoms with Gasteiger partial charge in [-0.15, -0.1) is 0 Å². The Labute approximate surface area is 110 Å². The molecule has 1 aliphatic rings. The molecule has 2 N–H and O–H groups in total. The molecule has 0 aliphatic carbocycles. The summed E-state index contributed by atoms with van der Waals surface area (Å²) in [5, 5.41) is 0.333. The molecule has 0 saturated carbocycles. The highest BCUT2D eigenvalue weighted by Gasteiger charge is 2.18. The van der Waals surface area contributed by atoms with Crippen LogP contribution in [0.25, 0.3) is 0 Å². The number of amides is 1. The number of nitrogens with two attached hydrogens (primary N) is 1. The van der Waals surface area contributed by atoms with E-state index in [-0.39, 0.29) is 11.7 Å². The predicted molar refractivity (Wildman–Crippen MR) is 71.5 cm³/mol. The molecular weight excluding hydrogens is 258 g/mol. The summed E-state index contributed by atoms with van der Waals surface area (Å²) in [7, 11) is 0. The normalized spacial score (nSPS) is 16.6. The third-order valence-corrected chi connectivity index (χ3v) is 3.98. The van der Waals surface area contributed by atoms with Gasteiger partial charge in [-0.1, -0.05) is 11.6 Å². The van der Waals surface area contributed by atoms with Crippen LogP contribution in [0.1, 0.15) is 16.8 Å². The SMILES string of the molecule is Nc1ncc(C(=O)N2CCCSCC2)cc1Cl. The fourth-order valence-corrected chi connectivity index (χ4v) is 2.75. The lowest BCUT2D eigenvalue weighted by Crippen LogP contribution is -2.33. The average molecular weight is 272 g/mol. The van der Waals surface area contributed by atoms with Crippen LogP contribution >= 0.6 is 23.4 Å². The van der Waals surface area contributed by atoms with Gasteiger partial charge in [-0.2, -0.15) is 11.8 Å². The van der Waals surface area contributed by atoms with Crippen molar-refractivity contribution in [1.82, 2.24) is 9.88 Å². The fourth-order valence-electron chi connectivity index (χ4n) is 1.70. The molecule has 17 heavy (non-hydrogen) atoms. The number of thioether (sulfide) groups is 1. The molecule has 0 unspecified atom stereocenters. The van der Waals surface area contributed by atoms with Gasteiger partial charge in [0.2, 0.25) is 0 Å². The van der Waals surface area contributed by atoms with Crippen molar-refractivity contribution in [3.63, 3.8) is 0 Å². The van der Waals surface area contributed by atoms with E-state index in [0.717, 1.165) is 31.0 Å². The Kier molecular flexibility index (Phi) is 4.12. The standard InChI is InChI=1S/C11H14ClN3OS/c12-9-6-8(7-14-10(9)13)11(16)15-2-1-4-17-5-3-15/h6-7H,1-5H2,(H2,13,14). The molecular formula is C11H14ClN3OS. The van der Waals surface area contributed by atoms with Crippen molar-refractivity contribution in [3.8, 4) is 0 Å². The molecule has 1 aromatic heterocycles. The van der Waals surface area contributed by atoms with Gasteiger partial charge in [-0.25, -0.2) is 4.98 Å². The number of nitrogen functional groups attached to an aromatic ring is 1. The summed E-state index contributed by atoms with van der Waals surface area (Å²) >= 11 is 7.75. The number of rotatable bonds is 1. The van der Waals surface area contributed by atoms with Crippen molar-refractivity contribution in [3.05, 3.63) is 22.8 Å². The van der Waals surface area contributed by atoms with Gasteiger partial charge in [0.25, 0.3) is 5.91 Å². The van der Waals surface area contributed by atoms with E-state index < -0.39 is 0 Å². The molecule has 0 bridgehead atoms. The van der Waals surface area contributed by atoms with Gasteiger partial charge < -0.3 is 10.6 Å². The van der Waals surface area contributed by atoms with Crippen LogP contribution in [0.2, 0.25) is 5.02 Å². The first-order valence-corrected chi connectivity index (χ1v) is 7.00. The van der Waals surface area contributed by atoms with Crippen LogP contribution in [0.3, 0.4) is 0 Å². The zero-order valence-electron chi connectivity index (χ0n) is 9.36. The van der Waals surface area contributed by atoms with E-state index in [0.29, 0.717) is 10.6 Å². The van der Waals surface area contributed by atoms with E-state index in [1.807, 2.05) is 16.7 Å². The van der Waals surface area contributed by atoms with Crippen molar-refractivity contribution in [2.45, 2.75) is 6.42 Å². The van der Waals surface area contributed by atoms with Gasteiger partial charge in [0, 0.05) is 25.0 Å². The van der Waals surface area contributed by atoms with Gasteiger partial charge in [-0.3, -0.25) is 4.79 Å². The van der Waals surface area contributed by atoms with Crippen LogP contribution in [0.5, 0.6) is 0 Å². The molecule has 0 spiro atoms. The fraction of sp³-hybridized carbons (Fsp3) is 0.455. The van der Waals surface area contributed by atoms with Crippen LogP contribution in [-0.2, 0) is 0 Å². The topological polar surface area (TPSA) is 59.2 Å². The Morgan fingerprint density at radius 3 is 3.06 bits per heavy atom. The number of nitrogens with zero attached hydrogens (tertiary/aromatic N) is 2. The largest absolute Gasteiger partial charge is 0.382 e. The van der Waals surface area contributed by atoms with Gasteiger partial charge in [0.05, 0.1) is 10.6 Å². The van der Waals surface area contributed by atoms with Crippen LogP contribution in [0.4, 0.5) is 5.82 Å². The summed E-state index contributed by atoms with van der Waals surface area (Å²) in [6.45, 7) is 1.58. The van der Waals surface area contributed by atoms with E-state index in [1.54, 1.807) is 6.07 Å². The van der Waals surface area contributed by atoms with Gasteiger partial charge in [0.1, 0.15) is 5.82 Å². The Morgan fingerprint density at radius 1 is 1.47 bits per heavy atom. The third-order valence-electron chi connectivity index (χ3n) is 2.63. The first-order chi connectivity index (χ1) is 8.18. The molecule has 2 rings (SSSR count). The van der Waals surface area contributed by atoms with Crippen LogP contribution < -0.4 is 5.73 Å². The summed E-state index contributed by atoms with van der Waals surface area (Å²) < 4.78 is 0. The summed E-state index contributed by atoms with van der Waals surface area (Å²) in [6.07, 6.45) is 2.52. The zero-order valence-corrected chi connectivity index (χ0v) is 10.9. The van der Waals surface area contributed by atoms with Crippen molar-refractivity contribution in [2.75, 3.05) is 30.3 Å². The number of hydrogen-bond donors (Lipinski definition) is 1. The summed E-state index contributed by atoms with van der Waals surface area (Å²) in [5.41, 5.74) is 6.03. The Bertz CT molecular complexity index is 419. The predicted octanol–water partition coefficient (Wildman–Crippen LogP) is 1.90. The molecule has 6 heteroatoms. The van der Waals surface area contributed by atoms with Crippen LogP contribution in [-0.4, -0.2) is 40.4 Å². The van der Waals surface area contributed by atoms with E-state index in [4.69, 9.17) is 17.3 Å². The van der Waals surface area contributed by atoms with Crippen molar-refractivity contribution in [1.29, 1.82) is 0 Å². The minimum Gasteiger partial charge on any atom is -0.382 e. The number of aromatic nitrogens is 1. The zero-order chi connectivity index (χ0) is 12.3. The van der Waals surface area contributed by atoms with E-state index >= 15 is 0 Å². The third kappa shape index (κ3) is 3.04. The van der Waals surface area contributed by atoms with E-state index in [9.17, 15) is 4.79 Å². The second kappa shape index (κ2) is 5.60. The molecule has 1 saturated heterocycles. The number of hydrogen-bond acceptors (Lipinski definition) is 4. The second-order valence-electron chi connectivity index (χ2n) is 3.85. The monoisotopic (exact) mass is 271 g/mol. The molecule has 2 heterocycles. The smallest absolute Gasteiger partial charge is 0.255 e. The summed E-state index contributed by atoms with van der Waals surface area (Å²) in [6, 6.07) is 1.59. The average Bonchev–Trinajstić information content (AvgIpc) is 2.60. The molecule has 1 fully saturated rings. The lowest BCUT2D eigenvalue weighted by atomic mass is 10.2. The molecule has 4 nitrogen and oxygen atoms in total. The van der Waals surface area contributed by atoms with E-state index in [1.165, 1.54) is 6.20 Å². The molecule has 0 aromatic carbocycles. The number of halogens is 1. The van der Waals surface area contributed by atoms with Crippen molar-refractivity contribution >= 4 is 35.1 Å². The Balaban J connectivity index is 2.14. The second-order valence-corrected chi connectivity index (χ2v) is 5.48. The molecule has 1 aliphatic heterocycles. The first-order valence-electron chi connectivity index (χ1n) is 5.46.